The number of carbonyl (C=O) groups excluding carboxylic acids is 3. The van der Waals surface area contributed by atoms with Gasteiger partial charge in [0.15, 0.2) is 0 Å². The molecular weight excluding hydrogens is 416 g/mol. The molecule has 1 aliphatic carbocycles. The smallest absolute Gasteiger partial charge is 0.253 e. The molecule has 2 aromatic rings. The van der Waals surface area contributed by atoms with Gasteiger partial charge in [-0.1, -0.05) is 23.7 Å². The fourth-order valence-corrected chi connectivity index (χ4v) is 3.72. The molecule has 0 radical (unpaired) electrons. The lowest BCUT2D eigenvalue weighted by Crippen LogP contribution is -2.50. The van der Waals surface area contributed by atoms with Crippen LogP contribution in [0, 0.1) is 5.92 Å². The summed E-state index contributed by atoms with van der Waals surface area (Å²) in [5, 5.41) is 6.21. The van der Waals surface area contributed by atoms with Gasteiger partial charge in [0.1, 0.15) is 0 Å². The fraction of sp³-hybridized carbons (Fsp3) is 0.348. The van der Waals surface area contributed by atoms with Crippen molar-refractivity contribution in [3.63, 3.8) is 0 Å². The van der Waals surface area contributed by atoms with Crippen LogP contribution in [0.5, 0.6) is 0 Å². The van der Waals surface area contributed by atoms with Gasteiger partial charge in [-0.2, -0.15) is 0 Å². The molecule has 2 fully saturated rings. The number of nitrogens with one attached hydrogen (secondary N) is 2. The Hall–Kier alpha value is -2.90. The van der Waals surface area contributed by atoms with Crippen LogP contribution in [-0.4, -0.2) is 60.2 Å². The standard InChI is InChI=1S/C23H25ClN4O3/c24-19-3-1-2-4-20(19)26-21(29)15-27-11-13-28(14-12-27)23(31)17-7-9-18(10-8-17)25-22(30)16-5-6-16/h1-4,7-10,16H,5-6,11-15H2,(H,25,30)(H,26,29). The Morgan fingerprint density at radius 1 is 0.903 bits per heavy atom. The number of nitrogens with zero attached hydrogens (tertiary/aromatic N) is 2. The number of halogens is 1. The van der Waals surface area contributed by atoms with Crippen LogP contribution in [0.4, 0.5) is 11.4 Å². The number of anilines is 2. The Bertz CT molecular complexity index is 967. The van der Waals surface area contributed by atoms with E-state index in [0.717, 1.165) is 12.8 Å². The summed E-state index contributed by atoms with van der Waals surface area (Å²) in [6.45, 7) is 2.60. The Balaban J connectivity index is 1.24. The van der Waals surface area contributed by atoms with Crippen molar-refractivity contribution in [3.8, 4) is 0 Å². The van der Waals surface area contributed by atoms with Crippen molar-refractivity contribution >= 4 is 40.7 Å². The van der Waals surface area contributed by atoms with Crippen molar-refractivity contribution in [1.29, 1.82) is 0 Å². The summed E-state index contributed by atoms with van der Waals surface area (Å²) in [7, 11) is 0. The predicted molar refractivity (Wildman–Crippen MR) is 120 cm³/mol. The molecule has 0 unspecified atom stereocenters. The van der Waals surface area contributed by atoms with Crippen molar-refractivity contribution in [2.75, 3.05) is 43.4 Å². The lowest BCUT2D eigenvalue weighted by Gasteiger charge is -2.34. The van der Waals surface area contributed by atoms with Crippen LogP contribution in [0.15, 0.2) is 48.5 Å². The molecule has 0 aromatic heterocycles. The number of hydrogen-bond donors (Lipinski definition) is 2. The second kappa shape index (κ2) is 9.49. The third-order valence-electron chi connectivity index (χ3n) is 5.52. The maximum absolute atomic E-state index is 12.8. The van der Waals surface area contributed by atoms with Crippen molar-refractivity contribution in [2.45, 2.75) is 12.8 Å². The van der Waals surface area contributed by atoms with Gasteiger partial charge in [-0.15, -0.1) is 0 Å². The average Bonchev–Trinajstić information content (AvgIpc) is 3.62. The minimum absolute atomic E-state index is 0.0414. The normalized spacial score (nSPS) is 16.6. The van der Waals surface area contributed by atoms with Crippen LogP contribution in [0.25, 0.3) is 0 Å². The zero-order valence-corrected chi connectivity index (χ0v) is 17.9. The molecule has 2 aromatic carbocycles. The number of para-hydroxylation sites is 1. The summed E-state index contributed by atoms with van der Waals surface area (Å²) in [6.07, 6.45) is 1.91. The molecule has 8 heteroatoms. The quantitative estimate of drug-likeness (QED) is 0.723. The van der Waals surface area contributed by atoms with Crippen molar-refractivity contribution in [1.82, 2.24) is 9.80 Å². The molecule has 7 nitrogen and oxygen atoms in total. The first kappa shape index (κ1) is 21.3. The van der Waals surface area contributed by atoms with Crippen molar-refractivity contribution in [3.05, 3.63) is 59.1 Å². The number of piperazine rings is 1. The van der Waals surface area contributed by atoms with Crippen LogP contribution in [0.2, 0.25) is 5.02 Å². The predicted octanol–water partition coefficient (Wildman–Crippen LogP) is 3.09. The molecule has 1 saturated heterocycles. The first-order valence-corrected chi connectivity index (χ1v) is 10.8. The van der Waals surface area contributed by atoms with E-state index >= 15 is 0 Å². The highest BCUT2D eigenvalue weighted by atomic mass is 35.5. The van der Waals surface area contributed by atoms with Crippen LogP contribution in [-0.2, 0) is 9.59 Å². The average molecular weight is 441 g/mol. The van der Waals surface area contributed by atoms with E-state index in [0.29, 0.717) is 48.1 Å². The first-order chi connectivity index (χ1) is 15.0. The Kier molecular flexibility index (Phi) is 6.53. The second-order valence-corrected chi connectivity index (χ2v) is 8.34. The van der Waals surface area contributed by atoms with Gasteiger partial charge in [-0.25, -0.2) is 0 Å². The number of benzene rings is 2. The molecular formula is C23H25ClN4O3. The van der Waals surface area contributed by atoms with Crippen LogP contribution in [0.1, 0.15) is 23.2 Å². The van der Waals surface area contributed by atoms with Gasteiger partial charge < -0.3 is 15.5 Å². The van der Waals surface area contributed by atoms with Gasteiger partial charge >= 0.3 is 0 Å². The molecule has 1 heterocycles. The minimum Gasteiger partial charge on any atom is -0.336 e. The topological polar surface area (TPSA) is 81.8 Å². The molecule has 162 valence electrons. The lowest BCUT2D eigenvalue weighted by atomic mass is 10.1. The van der Waals surface area contributed by atoms with Gasteiger partial charge in [0.25, 0.3) is 5.91 Å². The minimum atomic E-state index is -0.128. The van der Waals surface area contributed by atoms with Gasteiger partial charge in [0.05, 0.1) is 17.3 Å². The molecule has 3 amide bonds. The summed E-state index contributed by atoms with van der Waals surface area (Å²) < 4.78 is 0. The summed E-state index contributed by atoms with van der Waals surface area (Å²) in [5.74, 6) is 0.0232. The highest BCUT2D eigenvalue weighted by Gasteiger charge is 2.29. The van der Waals surface area contributed by atoms with E-state index in [4.69, 9.17) is 11.6 Å². The first-order valence-electron chi connectivity index (χ1n) is 10.5. The van der Waals surface area contributed by atoms with E-state index in [1.165, 1.54) is 0 Å². The fourth-order valence-electron chi connectivity index (χ4n) is 3.53. The summed E-state index contributed by atoms with van der Waals surface area (Å²) in [5.41, 5.74) is 1.90. The largest absolute Gasteiger partial charge is 0.336 e. The zero-order chi connectivity index (χ0) is 21.8. The molecule has 0 atom stereocenters. The number of hydrogen-bond acceptors (Lipinski definition) is 4. The van der Waals surface area contributed by atoms with E-state index in [-0.39, 0.29) is 30.2 Å². The maximum atomic E-state index is 12.8. The number of carbonyl (C=O) groups is 3. The Morgan fingerprint density at radius 3 is 2.23 bits per heavy atom. The van der Waals surface area contributed by atoms with E-state index in [2.05, 4.69) is 10.6 Å². The highest BCUT2D eigenvalue weighted by Crippen LogP contribution is 2.30. The SMILES string of the molecule is O=C(CN1CCN(C(=O)c2ccc(NC(=O)C3CC3)cc2)CC1)Nc1ccccc1Cl. The molecule has 2 aliphatic rings. The molecule has 0 bridgehead atoms. The molecule has 4 rings (SSSR count). The van der Waals surface area contributed by atoms with Gasteiger partial charge in [0, 0.05) is 43.3 Å². The summed E-state index contributed by atoms with van der Waals surface area (Å²) >= 11 is 6.08. The number of amides is 3. The van der Waals surface area contributed by atoms with E-state index < -0.39 is 0 Å². The molecule has 2 N–H and O–H groups in total. The molecule has 1 aliphatic heterocycles. The molecule has 0 spiro atoms. The van der Waals surface area contributed by atoms with Gasteiger partial charge in [-0.3, -0.25) is 19.3 Å². The van der Waals surface area contributed by atoms with Crippen LogP contribution < -0.4 is 10.6 Å². The second-order valence-electron chi connectivity index (χ2n) is 7.94. The number of rotatable bonds is 6. The van der Waals surface area contributed by atoms with Crippen molar-refractivity contribution < 1.29 is 14.4 Å². The summed E-state index contributed by atoms with van der Waals surface area (Å²) in [4.78, 5) is 40.7. The lowest BCUT2D eigenvalue weighted by molar-refractivity contribution is -0.118. The zero-order valence-electron chi connectivity index (χ0n) is 17.1. The van der Waals surface area contributed by atoms with Gasteiger partial charge in [0.2, 0.25) is 11.8 Å². The summed E-state index contributed by atoms with van der Waals surface area (Å²) in [6, 6.07) is 14.1. The molecule has 31 heavy (non-hydrogen) atoms. The van der Waals surface area contributed by atoms with E-state index in [9.17, 15) is 14.4 Å². The van der Waals surface area contributed by atoms with Crippen LogP contribution >= 0.6 is 11.6 Å². The monoisotopic (exact) mass is 440 g/mol. The highest BCUT2D eigenvalue weighted by molar-refractivity contribution is 6.33. The van der Waals surface area contributed by atoms with Gasteiger partial charge in [-0.05, 0) is 49.2 Å². The maximum Gasteiger partial charge on any atom is 0.253 e. The van der Waals surface area contributed by atoms with E-state index in [1.54, 1.807) is 41.3 Å². The van der Waals surface area contributed by atoms with E-state index in [1.807, 2.05) is 17.0 Å². The Morgan fingerprint density at radius 2 is 1.58 bits per heavy atom. The van der Waals surface area contributed by atoms with Crippen LogP contribution in [0.3, 0.4) is 0 Å². The third-order valence-corrected chi connectivity index (χ3v) is 5.85. The third kappa shape index (κ3) is 5.62. The molecule has 1 saturated carbocycles. The Labute approximate surface area is 186 Å². The van der Waals surface area contributed by atoms with Crippen molar-refractivity contribution in [2.24, 2.45) is 5.92 Å².